The minimum atomic E-state index is -1.07. The van der Waals surface area contributed by atoms with Gasteiger partial charge in [-0.1, -0.05) is 54.6 Å². The Morgan fingerprint density at radius 3 is 2.18 bits per heavy atom. The predicted octanol–water partition coefficient (Wildman–Crippen LogP) is 5.95. The van der Waals surface area contributed by atoms with E-state index < -0.39 is 18.2 Å². The van der Waals surface area contributed by atoms with Crippen LogP contribution >= 0.6 is 0 Å². The second-order valence-electron chi connectivity index (χ2n) is 11.2. The van der Waals surface area contributed by atoms with Crippen LogP contribution in [-0.4, -0.2) is 46.0 Å². The van der Waals surface area contributed by atoms with Gasteiger partial charge in [0.1, 0.15) is 11.5 Å². The molecule has 0 aliphatic carbocycles. The average molecular weight is 612 g/mol. The normalized spacial score (nSPS) is 12.4. The van der Waals surface area contributed by atoms with Crippen LogP contribution in [0.15, 0.2) is 78.9 Å². The molecular formula is C36H38FN3O5. The number of esters is 1. The Kier molecular flexibility index (Phi) is 11.3. The summed E-state index contributed by atoms with van der Waals surface area (Å²) in [5.74, 6) is -1.26. The monoisotopic (exact) mass is 611 g/mol. The molecule has 3 N–H and O–H groups in total. The van der Waals surface area contributed by atoms with Gasteiger partial charge in [-0.3, -0.25) is 9.59 Å². The van der Waals surface area contributed by atoms with Gasteiger partial charge in [0.15, 0.2) is 0 Å². The zero-order valence-corrected chi connectivity index (χ0v) is 25.7. The highest BCUT2D eigenvalue weighted by atomic mass is 19.1. The van der Waals surface area contributed by atoms with E-state index in [4.69, 9.17) is 5.26 Å². The maximum Gasteiger partial charge on any atom is 0.308 e. The molecule has 0 radical (unpaired) electrons. The van der Waals surface area contributed by atoms with E-state index in [0.29, 0.717) is 28.8 Å². The Morgan fingerprint density at radius 2 is 1.58 bits per heavy atom. The van der Waals surface area contributed by atoms with E-state index in [0.717, 1.165) is 22.4 Å². The summed E-state index contributed by atoms with van der Waals surface area (Å²) >= 11 is 0. The first-order valence-electron chi connectivity index (χ1n) is 14.9. The first-order chi connectivity index (χ1) is 21.6. The van der Waals surface area contributed by atoms with Gasteiger partial charge in [-0.25, -0.2) is 4.39 Å². The Labute approximate surface area is 262 Å². The van der Waals surface area contributed by atoms with E-state index in [2.05, 4.69) is 16.1 Å². The molecule has 2 atom stereocenters. The fraction of sp³-hybridized carbons (Fsp3) is 0.306. The summed E-state index contributed by atoms with van der Waals surface area (Å²) in [5, 5.41) is 33.3. The highest BCUT2D eigenvalue weighted by molar-refractivity contribution is 6.05. The van der Waals surface area contributed by atoms with Crippen molar-refractivity contribution in [3.8, 4) is 28.3 Å². The summed E-state index contributed by atoms with van der Waals surface area (Å²) in [7, 11) is 1.24. The molecule has 0 aliphatic rings. The van der Waals surface area contributed by atoms with Gasteiger partial charge in [0.25, 0.3) is 5.91 Å². The van der Waals surface area contributed by atoms with Crippen LogP contribution in [-0.2, 0) is 22.5 Å². The number of hydrogen-bond donors (Lipinski definition) is 3. The second kappa shape index (κ2) is 15.3. The fourth-order valence-electron chi connectivity index (χ4n) is 5.55. The number of benzene rings is 3. The van der Waals surface area contributed by atoms with Crippen molar-refractivity contribution in [3.05, 3.63) is 107 Å². The smallest absolute Gasteiger partial charge is 0.308 e. The molecule has 0 spiro atoms. The van der Waals surface area contributed by atoms with Crippen molar-refractivity contribution in [1.29, 1.82) is 5.26 Å². The second-order valence-corrected chi connectivity index (χ2v) is 11.2. The summed E-state index contributed by atoms with van der Waals surface area (Å²) in [6, 6.07) is 24.5. The van der Waals surface area contributed by atoms with Gasteiger partial charge in [0.2, 0.25) is 0 Å². The molecular weight excluding hydrogens is 573 g/mol. The zero-order chi connectivity index (χ0) is 32.5. The van der Waals surface area contributed by atoms with E-state index >= 15 is 0 Å². The summed E-state index contributed by atoms with van der Waals surface area (Å²) in [5.41, 5.74) is 5.52. The lowest BCUT2D eigenvalue weighted by Gasteiger charge is -2.20. The summed E-state index contributed by atoms with van der Waals surface area (Å²) in [6.45, 7) is 4.18. The number of ether oxygens (including phenoxy) is 1. The number of aliphatic hydroxyl groups is 2. The summed E-state index contributed by atoms with van der Waals surface area (Å²) < 4.78 is 20.7. The molecule has 3 aromatic carbocycles. The number of carbonyl (C=O) groups excluding carboxylic acids is 2. The zero-order valence-electron chi connectivity index (χ0n) is 25.7. The molecule has 234 valence electrons. The molecule has 0 saturated heterocycles. The minimum Gasteiger partial charge on any atom is -0.469 e. The SMILES string of the molecule is COC(=O)C[C@H](O)C[C@H](O)CCc1c(-c2ccc(F)cc2)c(-c2ccccc2)c(C(=O)NCc2ccc(C#N)cc2)n1C(C)C. The van der Waals surface area contributed by atoms with Crippen molar-refractivity contribution in [2.45, 2.75) is 64.3 Å². The van der Waals surface area contributed by atoms with Crippen LogP contribution in [0.1, 0.15) is 66.5 Å². The van der Waals surface area contributed by atoms with Crippen LogP contribution in [0.3, 0.4) is 0 Å². The first-order valence-corrected chi connectivity index (χ1v) is 14.9. The number of amides is 1. The number of carbonyl (C=O) groups is 2. The lowest BCUT2D eigenvalue weighted by molar-refractivity contribution is -0.143. The van der Waals surface area contributed by atoms with Gasteiger partial charge in [0, 0.05) is 29.4 Å². The molecule has 0 aliphatic heterocycles. The molecule has 4 rings (SSSR count). The average Bonchev–Trinajstić information content (AvgIpc) is 3.39. The summed E-state index contributed by atoms with van der Waals surface area (Å²) in [4.78, 5) is 25.8. The number of nitrogens with zero attached hydrogens (tertiary/aromatic N) is 2. The van der Waals surface area contributed by atoms with Gasteiger partial charge >= 0.3 is 5.97 Å². The van der Waals surface area contributed by atoms with Crippen LogP contribution in [0, 0.1) is 17.1 Å². The molecule has 0 unspecified atom stereocenters. The third-order valence-corrected chi connectivity index (χ3v) is 7.66. The molecule has 1 heterocycles. The van der Waals surface area contributed by atoms with Gasteiger partial charge in [0.05, 0.1) is 37.4 Å². The van der Waals surface area contributed by atoms with Gasteiger partial charge in [-0.05, 0) is 74.1 Å². The van der Waals surface area contributed by atoms with Crippen LogP contribution in [0.4, 0.5) is 4.39 Å². The van der Waals surface area contributed by atoms with Gasteiger partial charge in [-0.2, -0.15) is 5.26 Å². The van der Waals surface area contributed by atoms with Crippen LogP contribution < -0.4 is 5.32 Å². The Morgan fingerprint density at radius 1 is 0.933 bits per heavy atom. The fourth-order valence-corrected chi connectivity index (χ4v) is 5.55. The molecule has 1 amide bonds. The third kappa shape index (κ3) is 8.24. The maximum absolute atomic E-state index is 14.2. The lowest BCUT2D eigenvalue weighted by Crippen LogP contribution is -2.27. The molecule has 9 heteroatoms. The highest BCUT2D eigenvalue weighted by Gasteiger charge is 2.30. The minimum absolute atomic E-state index is 0.0210. The number of aromatic nitrogens is 1. The first kappa shape index (κ1) is 33.1. The molecule has 0 bridgehead atoms. The predicted molar refractivity (Wildman–Crippen MR) is 170 cm³/mol. The topological polar surface area (TPSA) is 125 Å². The van der Waals surface area contributed by atoms with E-state index in [1.807, 2.05) is 48.7 Å². The summed E-state index contributed by atoms with van der Waals surface area (Å²) in [6.07, 6.45) is -1.67. The van der Waals surface area contributed by atoms with Crippen molar-refractivity contribution >= 4 is 11.9 Å². The number of methoxy groups -OCH3 is 1. The lowest BCUT2D eigenvalue weighted by atomic mass is 9.92. The van der Waals surface area contributed by atoms with Gasteiger partial charge in [-0.15, -0.1) is 0 Å². The number of nitriles is 1. The van der Waals surface area contributed by atoms with Crippen LogP contribution in [0.25, 0.3) is 22.3 Å². The van der Waals surface area contributed by atoms with E-state index in [1.165, 1.54) is 19.2 Å². The quantitative estimate of drug-likeness (QED) is 0.161. The van der Waals surface area contributed by atoms with E-state index in [9.17, 15) is 24.2 Å². The standard InChI is InChI=1S/C36H38FN3O5/c1-23(2)40-31(18-17-29(41)19-30(42)20-32(43)45-3)33(27-13-15-28(37)16-14-27)34(26-7-5-4-6-8-26)35(40)36(44)39-22-25-11-9-24(21-38)10-12-25/h4-16,23,29-30,41-42H,17-20,22H2,1-3H3,(H,39,44)/t29-,30-/m1/s1. The van der Waals surface area contributed by atoms with Crippen molar-refractivity contribution in [2.24, 2.45) is 0 Å². The molecule has 4 aromatic rings. The molecule has 0 saturated carbocycles. The number of hydrogen-bond acceptors (Lipinski definition) is 6. The van der Waals surface area contributed by atoms with E-state index in [-0.39, 0.29) is 43.6 Å². The van der Waals surface area contributed by atoms with Gasteiger partial charge < -0.3 is 24.8 Å². The Hall–Kier alpha value is -4.78. The number of aliphatic hydroxyl groups excluding tert-OH is 2. The number of rotatable bonds is 13. The van der Waals surface area contributed by atoms with Crippen molar-refractivity contribution < 1.29 is 28.9 Å². The molecule has 0 fully saturated rings. The van der Waals surface area contributed by atoms with Crippen molar-refractivity contribution in [3.63, 3.8) is 0 Å². The number of halogens is 1. The largest absolute Gasteiger partial charge is 0.469 e. The Balaban J connectivity index is 1.81. The molecule has 45 heavy (non-hydrogen) atoms. The van der Waals surface area contributed by atoms with Crippen LogP contribution in [0.2, 0.25) is 0 Å². The van der Waals surface area contributed by atoms with Crippen molar-refractivity contribution in [1.82, 2.24) is 9.88 Å². The molecule has 1 aromatic heterocycles. The molecule has 8 nitrogen and oxygen atoms in total. The number of nitrogens with one attached hydrogen (secondary N) is 1. The maximum atomic E-state index is 14.2. The van der Waals surface area contributed by atoms with Crippen LogP contribution in [0.5, 0.6) is 0 Å². The van der Waals surface area contributed by atoms with Crippen molar-refractivity contribution in [2.75, 3.05) is 7.11 Å². The third-order valence-electron chi connectivity index (χ3n) is 7.66. The Bertz CT molecular complexity index is 1640. The highest BCUT2D eigenvalue weighted by Crippen LogP contribution is 2.42. The van der Waals surface area contributed by atoms with E-state index in [1.54, 1.807) is 36.4 Å².